The van der Waals surface area contributed by atoms with Crippen LogP contribution in [0.4, 0.5) is 0 Å². The van der Waals surface area contributed by atoms with Crippen LogP contribution in [0.5, 0.6) is 0 Å². The highest BCUT2D eigenvalue weighted by molar-refractivity contribution is 5.97. The van der Waals surface area contributed by atoms with Gasteiger partial charge >= 0.3 is 0 Å². The number of carbonyl (C=O) groups is 1. The molecule has 3 rings (SSSR count). The maximum atomic E-state index is 12.9. The first-order chi connectivity index (χ1) is 12.1. The van der Waals surface area contributed by atoms with E-state index >= 15 is 0 Å². The fraction of sp³-hybridized carbons (Fsp3) is 0.300. The normalized spacial score (nSPS) is 10.8. The molecule has 0 atom stereocenters. The van der Waals surface area contributed by atoms with Crippen molar-refractivity contribution in [3.63, 3.8) is 0 Å². The summed E-state index contributed by atoms with van der Waals surface area (Å²) in [4.78, 5) is 14.7. The number of aryl methyl sites for hydroxylation is 1. The number of hydrogen-bond acceptors (Lipinski definition) is 2. The molecule has 0 bridgehead atoms. The van der Waals surface area contributed by atoms with Crippen molar-refractivity contribution in [1.29, 1.82) is 0 Å². The van der Waals surface area contributed by atoms with Crippen molar-refractivity contribution in [1.82, 2.24) is 19.2 Å². The van der Waals surface area contributed by atoms with E-state index in [2.05, 4.69) is 18.9 Å². The lowest BCUT2D eigenvalue weighted by Gasteiger charge is -2.17. The largest absolute Gasteiger partial charge is 0.342 e. The second-order valence-electron chi connectivity index (χ2n) is 6.30. The van der Waals surface area contributed by atoms with Gasteiger partial charge in [-0.2, -0.15) is 5.10 Å². The number of unbranched alkanes of at least 4 members (excludes halogenated alkanes) is 1. The lowest BCUT2D eigenvalue weighted by molar-refractivity contribution is 0.0793. The molecule has 0 unspecified atom stereocenters. The first-order valence-corrected chi connectivity index (χ1v) is 8.65. The summed E-state index contributed by atoms with van der Waals surface area (Å²) in [5.41, 5.74) is 2.73. The van der Waals surface area contributed by atoms with Crippen LogP contribution in [0.2, 0.25) is 0 Å². The molecule has 1 aromatic carbocycles. The van der Waals surface area contributed by atoms with Gasteiger partial charge in [-0.3, -0.25) is 4.79 Å². The fourth-order valence-electron chi connectivity index (χ4n) is 2.79. The molecule has 25 heavy (non-hydrogen) atoms. The van der Waals surface area contributed by atoms with Crippen molar-refractivity contribution in [2.75, 3.05) is 13.6 Å². The van der Waals surface area contributed by atoms with Crippen molar-refractivity contribution >= 4 is 5.91 Å². The van der Waals surface area contributed by atoms with Crippen molar-refractivity contribution in [3.8, 4) is 11.5 Å². The van der Waals surface area contributed by atoms with Crippen LogP contribution < -0.4 is 0 Å². The number of carbonyl (C=O) groups excluding carboxylic acids is 1. The summed E-state index contributed by atoms with van der Waals surface area (Å²) < 4.78 is 3.76. The van der Waals surface area contributed by atoms with Gasteiger partial charge in [0.1, 0.15) is 5.56 Å². The molecule has 1 amide bonds. The van der Waals surface area contributed by atoms with E-state index in [0.717, 1.165) is 30.9 Å². The molecule has 0 radical (unpaired) electrons. The molecule has 5 heteroatoms. The molecule has 0 saturated carbocycles. The highest BCUT2D eigenvalue weighted by atomic mass is 16.2. The molecule has 130 valence electrons. The first kappa shape index (κ1) is 17.0. The van der Waals surface area contributed by atoms with E-state index in [4.69, 9.17) is 0 Å². The Hall–Kier alpha value is -2.82. The zero-order chi connectivity index (χ0) is 17.8. The van der Waals surface area contributed by atoms with Crippen LogP contribution in [0.15, 0.2) is 55.0 Å². The van der Waals surface area contributed by atoms with Crippen molar-refractivity contribution in [2.24, 2.45) is 0 Å². The SMILES string of the molecule is CCCCN(C)C(=O)c1cnn(-c2ccc(C)cc2)c1-n1cccc1. The molecular formula is C20H24N4O. The summed E-state index contributed by atoms with van der Waals surface area (Å²) >= 11 is 0. The molecule has 0 fully saturated rings. The third kappa shape index (κ3) is 3.50. The summed E-state index contributed by atoms with van der Waals surface area (Å²) in [6.45, 7) is 4.92. The third-order valence-electron chi connectivity index (χ3n) is 4.30. The Morgan fingerprint density at radius 2 is 1.84 bits per heavy atom. The molecule has 2 aromatic heterocycles. The molecule has 0 aliphatic heterocycles. The molecule has 0 saturated heterocycles. The molecule has 2 heterocycles. The first-order valence-electron chi connectivity index (χ1n) is 8.65. The standard InChI is InChI=1S/C20H24N4O/c1-4-5-12-22(3)20(25)18-15-21-24(17-10-8-16(2)9-11-17)19(18)23-13-6-7-14-23/h6-11,13-15H,4-5,12H2,1-3H3. The monoisotopic (exact) mass is 336 g/mol. The quantitative estimate of drug-likeness (QED) is 0.686. The Bertz CT molecular complexity index is 831. The summed E-state index contributed by atoms with van der Waals surface area (Å²) in [6, 6.07) is 12.0. The Kier molecular flexibility index (Phi) is 5.03. The number of nitrogens with zero attached hydrogens (tertiary/aromatic N) is 4. The van der Waals surface area contributed by atoms with Gasteiger partial charge in [0, 0.05) is 26.0 Å². The van der Waals surface area contributed by atoms with Gasteiger partial charge in [0.15, 0.2) is 5.82 Å². The Morgan fingerprint density at radius 3 is 2.48 bits per heavy atom. The smallest absolute Gasteiger partial charge is 0.259 e. The van der Waals surface area contributed by atoms with Gasteiger partial charge in [0.2, 0.25) is 0 Å². The van der Waals surface area contributed by atoms with E-state index in [1.165, 1.54) is 5.56 Å². The summed E-state index contributed by atoms with van der Waals surface area (Å²) in [5, 5.41) is 4.50. The Balaban J connectivity index is 2.05. The van der Waals surface area contributed by atoms with Crippen molar-refractivity contribution < 1.29 is 4.79 Å². The second kappa shape index (κ2) is 7.38. The van der Waals surface area contributed by atoms with Crippen LogP contribution in [0.1, 0.15) is 35.7 Å². The number of amides is 1. The van der Waals surface area contributed by atoms with E-state index in [-0.39, 0.29) is 5.91 Å². The van der Waals surface area contributed by atoms with E-state index < -0.39 is 0 Å². The fourth-order valence-corrected chi connectivity index (χ4v) is 2.79. The van der Waals surface area contributed by atoms with E-state index in [1.54, 1.807) is 11.1 Å². The van der Waals surface area contributed by atoms with Gasteiger partial charge in [-0.15, -0.1) is 0 Å². The molecule has 0 N–H and O–H groups in total. The maximum Gasteiger partial charge on any atom is 0.259 e. The number of aromatic nitrogens is 3. The van der Waals surface area contributed by atoms with Crippen molar-refractivity contribution in [3.05, 3.63) is 66.1 Å². The minimum atomic E-state index is -0.00416. The second-order valence-corrected chi connectivity index (χ2v) is 6.30. The predicted molar refractivity (Wildman–Crippen MR) is 99.5 cm³/mol. The highest BCUT2D eigenvalue weighted by Gasteiger charge is 2.22. The average Bonchev–Trinajstić information content (AvgIpc) is 3.28. The van der Waals surface area contributed by atoms with Crippen molar-refractivity contribution in [2.45, 2.75) is 26.7 Å². The molecule has 3 aromatic rings. The van der Waals surface area contributed by atoms with E-state index in [0.29, 0.717) is 5.56 Å². The molecule has 0 aliphatic rings. The third-order valence-corrected chi connectivity index (χ3v) is 4.30. The van der Waals surface area contributed by atoms with Crippen LogP contribution in [0.25, 0.3) is 11.5 Å². The predicted octanol–water partition coefficient (Wildman–Crippen LogP) is 3.84. The van der Waals surface area contributed by atoms with Gasteiger partial charge in [-0.05, 0) is 37.6 Å². The van der Waals surface area contributed by atoms with Gasteiger partial charge < -0.3 is 9.47 Å². The number of hydrogen-bond donors (Lipinski definition) is 0. The summed E-state index contributed by atoms with van der Waals surface area (Å²) in [6.07, 6.45) is 7.59. The number of benzene rings is 1. The van der Waals surface area contributed by atoms with Crippen LogP contribution in [-0.4, -0.2) is 38.7 Å². The highest BCUT2D eigenvalue weighted by Crippen LogP contribution is 2.21. The lowest BCUT2D eigenvalue weighted by Crippen LogP contribution is -2.28. The molecular weight excluding hydrogens is 312 g/mol. The Morgan fingerprint density at radius 1 is 1.16 bits per heavy atom. The Labute approximate surface area is 148 Å². The van der Waals surface area contributed by atoms with Crippen LogP contribution in [0.3, 0.4) is 0 Å². The number of rotatable bonds is 6. The lowest BCUT2D eigenvalue weighted by atomic mass is 10.2. The summed E-state index contributed by atoms with van der Waals surface area (Å²) in [5.74, 6) is 0.762. The minimum absolute atomic E-state index is 0.00416. The zero-order valence-corrected chi connectivity index (χ0v) is 15.0. The van der Waals surface area contributed by atoms with E-state index in [9.17, 15) is 4.79 Å². The summed E-state index contributed by atoms with van der Waals surface area (Å²) in [7, 11) is 1.85. The zero-order valence-electron chi connectivity index (χ0n) is 15.0. The topological polar surface area (TPSA) is 43.1 Å². The molecule has 0 aliphatic carbocycles. The van der Waals surface area contributed by atoms with Crippen LogP contribution in [0, 0.1) is 6.92 Å². The average molecular weight is 336 g/mol. The van der Waals surface area contributed by atoms with Gasteiger partial charge in [-0.1, -0.05) is 31.0 Å². The van der Waals surface area contributed by atoms with Gasteiger partial charge in [0.05, 0.1) is 11.9 Å². The molecule has 5 nitrogen and oxygen atoms in total. The minimum Gasteiger partial charge on any atom is -0.342 e. The maximum absolute atomic E-state index is 12.9. The molecule has 0 spiro atoms. The van der Waals surface area contributed by atoms with E-state index in [1.807, 2.05) is 65.1 Å². The van der Waals surface area contributed by atoms with Gasteiger partial charge in [0.25, 0.3) is 5.91 Å². The van der Waals surface area contributed by atoms with Crippen LogP contribution >= 0.6 is 0 Å². The van der Waals surface area contributed by atoms with Crippen LogP contribution in [-0.2, 0) is 0 Å². The van der Waals surface area contributed by atoms with Gasteiger partial charge in [-0.25, -0.2) is 4.68 Å².